The molecule has 2 aromatic rings. The molecule has 1 atom stereocenters. The molecule has 0 amide bonds. The van der Waals surface area contributed by atoms with Gasteiger partial charge >= 0.3 is 0 Å². The predicted molar refractivity (Wildman–Crippen MR) is 83.5 cm³/mol. The summed E-state index contributed by atoms with van der Waals surface area (Å²) in [6, 6.07) is 7.28. The summed E-state index contributed by atoms with van der Waals surface area (Å²) in [4.78, 5) is 1.54. The minimum atomic E-state index is -0.708. The molecular weight excluding hydrogens is 296 g/mol. The van der Waals surface area contributed by atoms with E-state index in [0.29, 0.717) is 5.56 Å². The van der Waals surface area contributed by atoms with Crippen molar-refractivity contribution >= 4 is 28.7 Å². The van der Waals surface area contributed by atoms with Crippen LogP contribution >= 0.6 is 11.6 Å². The van der Waals surface area contributed by atoms with Gasteiger partial charge in [-0.25, -0.2) is 8.78 Å². The lowest BCUT2D eigenvalue weighted by Crippen LogP contribution is -2.25. The zero-order valence-electron chi connectivity index (χ0n) is 11.7. The molecule has 0 radical (unpaired) electrons. The van der Waals surface area contributed by atoms with Crippen LogP contribution in [0.15, 0.2) is 30.3 Å². The first kappa shape index (κ1) is 15.4. The Hall–Kier alpha value is -2.01. The number of anilines is 3. The summed E-state index contributed by atoms with van der Waals surface area (Å²) in [7, 11) is 1.62. The van der Waals surface area contributed by atoms with Crippen molar-refractivity contribution in [2.45, 2.75) is 13.0 Å². The van der Waals surface area contributed by atoms with Gasteiger partial charge in [0, 0.05) is 12.6 Å². The first-order chi connectivity index (χ1) is 9.84. The lowest BCUT2D eigenvalue weighted by Gasteiger charge is -2.29. The second kappa shape index (κ2) is 5.77. The second-order valence-electron chi connectivity index (χ2n) is 4.84. The van der Waals surface area contributed by atoms with Crippen molar-refractivity contribution in [2.75, 3.05) is 23.4 Å². The molecule has 0 fully saturated rings. The van der Waals surface area contributed by atoms with Crippen LogP contribution in [0.2, 0.25) is 5.02 Å². The largest absolute Gasteiger partial charge is 0.397 e. The fourth-order valence-electron chi connectivity index (χ4n) is 2.23. The van der Waals surface area contributed by atoms with Gasteiger partial charge in [-0.05, 0) is 19.1 Å². The van der Waals surface area contributed by atoms with E-state index in [1.165, 1.54) is 17.0 Å². The van der Waals surface area contributed by atoms with Crippen molar-refractivity contribution < 1.29 is 8.78 Å². The quantitative estimate of drug-likeness (QED) is 0.843. The zero-order chi connectivity index (χ0) is 15.7. The smallest absolute Gasteiger partial charge is 0.169 e. The topological polar surface area (TPSA) is 55.3 Å². The highest BCUT2D eigenvalue weighted by Crippen LogP contribution is 2.38. The Morgan fingerprint density at radius 3 is 2.38 bits per heavy atom. The minimum Gasteiger partial charge on any atom is -0.397 e. The van der Waals surface area contributed by atoms with Crippen molar-refractivity contribution in [3.05, 3.63) is 52.6 Å². The van der Waals surface area contributed by atoms with Crippen molar-refractivity contribution in [1.82, 2.24) is 0 Å². The number of benzene rings is 2. The van der Waals surface area contributed by atoms with Crippen LogP contribution in [0.1, 0.15) is 18.5 Å². The molecule has 0 heterocycles. The van der Waals surface area contributed by atoms with E-state index in [9.17, 15) is 8.78 Å². The molecule has 6 heteroatoms. The number of nitrogen functional groups attached to an aromatic ring is 2. The lowest BCUT2D eigenvalue weighted by molar-refractivity contribution is 0.576. The SMILES string of the molecule is CC(c1ccccc1F)N(C)c1c(N)cc(N)c(Cl)c1F. The number of hydrogen-bond donors (Lipinski definition) is 2. The van der Waals surface area contributed by atoms with Crippen LogP contribution in [0, 0.1) is 11.6 Å². The highest BCUT2D eigenvalue weighted by Gasteiger charge is 2.23. The average Bonchev–Trinajstić information content (AvgIpc) is 2.44. The Balaban J connectivity index is 2.48. The van der Waals surface area contributed by atoms with Crippen molar-refractivity contribution in [2.24, 2.45) is 0 Å². The molecule has 21 heavy (non-hydrogen) atoms. The molecule has 3 nitrogen and oxygen atoms in total. The fraction of sp³-hybridized carbons (Fsp3) is 0.200. The molecule has 0 aliphatic heterocycles. The third-order valence-corrected chi connectivity index (χ3v) is 3.91. The van der Waals surface area contributed by atoms with Crippen LogP contribution in [-0.4, -0.2) is 7.05 Å². The Morgan fingerprint density at radius 1 is 1.14 bits per heavy atom. The van der Waals surface area contributed by atoms with Gasteiger partial charge in [0.15, 0.2) is 5.82 Å². The summed E-state index contributed by atoms with van der Waals surface area (Å²) in [5, 5.41) is -0.188. The van der Waals surface area contributed by atoms with Gasteiger partial charge in [0.2, 0.25) is 0 Å². The summed E-state index contributed by atoms with van der Waals surface area (Å²) in [5.41, 5.74) is 12.2. The highest BCUT2D eigenvalue weighted by molar-refractivity contribution is 6.33. The highest BCUT2D eigenvalue weighted by atomic mass is 35.5. The monoisotopic (exact) mass is 311 g/mol. The molecule has 1 unspecified atom stereocenters. The average molecular weight is 312 g/mol. The van der Waals surface area contributed by atoms with Gasteiger partial charge in [-0.2, -0.15) is 0 Å². The number of hydrogen-bond acceptors (Lipinski definition) is 3. The van der Waals surface area contributed by atoms with Crippen LogP contribution in [0.25, 0.3) is 0 Å². The second-order valence-corrected chi connectivity index (χ2v) is 5.22. The number of halogens is 3. The van der Waals surface area contributed by atoms with Gasteiger partial charge in [0.1, 0.15) is 10.8 Å². The molecule has 2 aromatic carbocycles. The van der Waals surface area contributed by atoms with E-state index in [0.717, 1.165) is 0 Å². The first-order valence-corrected chi connectivity index (χ1v) is 6.72. The fourth-order valence-corrected chi connectivity index (χ4v) is 2.38. The van der Waals surface area contributed by atoms with Crippen molar-refractivity contribution in [3.8, 4) is 0 Å². The van der Waals surface area contributed by atoms with Crippen molar-refractivity contribution in [3.63, 3.8) is 0 Å². The van der Waals surface area contributed by atoms with E-state index in [2.05, 4.69) is 0 Å². The van der Waals surface area contributed by atoms with Crippen molar-refractivity contribution in [1.29, 1.82) is 0 Å². The van der Waals surface area contributed by atoms with Crippen LogP contribution in [0.5, 0.6) is 0 Å². The van der Waals surface area contributed by atoms with Gasteiger partial charge in [-0.1, -0.05) is 29.8 Å². The maximum absolute atomic E-state index is 14.3. The molecule has 0 spiro atoms. The normalized spacial score (nSPS) is 12.2. The van der Waals surface area contributed by atoms with E-state index in [1.54, 1.807) is 32.2 Å². The zero-order valence-corrected chi connectivity index (χ0v) is 12.5. The molecule has 0 saturated heterocycles. The molecule has 2 rings (SSSR count). The summed E-state index contributed by atoms with van der Waals surface area (Å²) < 4.78 is 28.2. The minimum absolute atomic E-state index is 0.0716. The summed E-state index contributed by atoms with van der Waals surface area (Å²) in [6.07, 6.45) is 0. The molecular formula is C15H16ClF2N3. The maximum atomic E-state index is 14.3. The van der Waals surface area contributed by atoms with Gasteiger partial charge in [0.05, 0.1) is 23.1 Å². The van der Waals surface area contributed by atoms with E-state index >= 15 is 0 Å². The summed E-state index contributed by atoms with van der Waals surface area (Å²) in [5.74, 6) is -1.07. The van der Waals surface area contributed by atoms with E-state index in [-0.39, 0.29) is 27.9 Å². The third kappa shape index (κ3) is 2.74. The Labute approximate surface area is 127 Å². The molecule has 112 valence electrons. The van der Waals surface area contributed by atoms with Crippen LogP contribution < -0.4 is 16.4 Å². The van der Waals surface area contributed by atoms with Gasteiger partial charge in [0.25, 0.3) is 0 Å². The standard InChI is InChI=1S/C15H16ClF2N3/c1-8(9-5-3-4-6-10(9)17)21(2)15-12(20)7-11(19)13(16)14(15)18/h3-8H,19-20H2,1-2H3. The summed E-state index contributed by atoms with van der Waals surface area (Å²) in [6.45, 7) is 1.75. The van der Waals surface area contributed by atoms with Gasteiger partial charge < -0.3 is 16.4 Å². The van der Waals surface area contributed by atoms with Crippen LogP contribution in [0.3, 0.4) is 0 Å². The van der Waals surface area contributed by atoms with E-state index in [1.807, 2.05) is 0 Å². The first-order valence-electron chi connectivity index (χ1n) is 6.34. The van der Waals surface area contributed by atoms with Gasteiger partial charge in [-0.3, -0.25) is 0 Å². The van der Waals surface area contributed by atoms with E-state index < -0.39 is 11.9 Å². The molecule has 0 bridgehead atoms. The summed E-state index contributed by atoms with van der Waals surface area (Å²) >= 11 is 5.82. The van der Waals surface area contributed by atoms with Crippen LogP contribution in [0.4, 0.5) is 25.8 Å². The predicted octanol–water partition coefficient (Wildman–Crippen LogP) is 3.98. The van der Waals surface area contributed by atoms with E-state index in [4.69, 9.17) is 23.1 Å². The Morgan fingerprint density at radius 2 is 1.76 bits per heavy atom. The third-order valence-electron chi connectivity index (χ3n) is 3.53. The molecule has 0 aliphatic rings. The number of rotatable bonds is 3. The maximum Gasteiger partial charge on any atom is 0.169 e. The van der Waals surface area contributed by atoms with Crippen LogP contribution in [-0.2, 0) is 0 Å². The Kier molecular flexibility index (Phi) is 4.23. The molecule has 4 N–H and O–H groups in total. The Bertz CT molecular complexity index is 676. The molecule has 0 aromatic heterocycles. The molecule has 0 saturated carbocycles. The lowest BCUT2D eigenvalue weighted by atomic mass is 10.1. The number of nitrogens with two attached hydrogens (primary N) is 2. The number of nitrogens with zero attached hydrogens (tertiary/aromatic N) is 1. The van der Waals surface area contributed by atoms with Gasteiger partial charge in [-0.15, -0.1) is 0 Å². The molecule has 0 aliphatic carbocycles.